The highest BCUT2D eigenvalue weighted by Crippen LogP contribution is 2.26. The number of aromatic nitrogens is 2. The molecule has 17 heavy (non-hydrogen) atoms. The highest BCUT2D eigenvalue weighted by molar-refractivity contribution is 5.96. The molecule has 0 spiro atoms. The number of phenols is 1. The van der Waals surface area contributed by atoms with Crippen molar-refractivity contribution in [2.75, 3.05) is 0 Å². The molecule has 4 heteroatoms. The second-order valence-corrected chi connectivity index (χ2v) is 3.94. The number of phenolic OH excluding ortho intramolecular Hbond substituents is 1. The molecule has 3 rings (SSSR count). The summed E-state index contributed by atoms with van der Waals surface area (Å²) in [5.74, 6) is 0.0712. The van der Waals surface area contributed by atoms with Gasteiger partial charge in [0.2, 0.25) is 0 Å². The van der Waals surface area contributed by atoms with Crippen LogP contribution in [-0.4, -0.2) is 20.3 Å². The number of carbonyl (C=O) groups is 1. The predicted octanol–water partition coefficient (Wildman–Crippen LogP) is 2.40. The molecule has 4 nitrogen and oxygen atoms in total. The molecule has 1 aromatic carbocycles. The first-order valence-electron chi connectivity index (χ1n) is 5.27. The molecule has 0 saturated heterocycles. The zero-order valence-electron chi connectivity index (χ0n) is 9.21. The lowest BCUT2D eigenvalue weighted by Crippen LogP contribution is -1.99. The number of benzene rings is 1. The van der Waals surface area contributed by atoms with E-state index in [9.17, 15) is 9.90 Å². The number of para-hydroxylation sites is 1. The second kappa shape index (κ2) is 3.31. The maximum absolute atomic E-state index is 11.5. The molecule has 2 heterocycles. The summed E-state index contributed by atoms with van der Waals surface area (Å²) in [6, 6.07) is 8.97. The van der Waals surface area contributed by atoms with Crippen LogP contribution in [-0.2, 0) is 0 Å². The maximum atomic E-state index is 11.5. The van der Waals surface area contributed by atoms with Gasteiger partial charge < -0.3 is 5.11 Å². The van der Waals surface area contributed by atoms with Gasteiger partial charge in [-0.2, -0.15) is 0 Å². The Morgan fingerprint density at radius 1 is 1.29 bits per heavy atom. The maximum Gasteiger partial charge on any atom is 0.178 e. The van der Waals surface area contributed by atoms with Crippen LogP contribution in [0.1, 0.15) is 17.4 Å². The number of ketones is 1. The van der Waals surface area contributed by atoms with Crippen LogP contribution < -0.4 is 0 Å². The van der Waals surface area contributed by atoms with Crippen molar-refractivity contribution >= 4 is 22.3 Å². The summed E-state index contributed by atoms with van der Waals surface area (Å²) in [5, 5.41) is 10.8. The Morgan fingerprint density at radius 2 is 2.12 bits per heavy atom. The Morgan fingerprint density at radius 3 is 2.88 bits per heavy atom. The predicted molar refractivity (Wildman–Crippen MR) is 64.4 cm³/mol. The average molecular weight is 226 g/mol. The van der Waals surface area contributed by atoms with Crippen LogP contribution in [0, 0.1) is 0 Å². The number of hydrogen-bond donors (Lipinski definition) is 1. The number of carbonyl (C=O) groups excluding carboxylic acids is 1. The molecule has 0 fully saturated rings. The van der Waals surface area contributed by atoms with Crippen LogP contribution >= 0.6 is 0 Å². The zero-order valence-corrected chi connectivity index (χ0v) is 9.21. The van der Waals surface area contributed by atoms with Crippen molar-refractivity contribution in [2.24, 2.45) is 0 Å². The molecule has 84 valence electrons. The van der Waals surface area contributed by atoms with E-state index in [0.717, 1.165) is 5.39 Å². The van der Waals surface area contributed by atoms with E-state index in [1.54, 1.807) is 16.5 Å². The van der Waals surface area contributed by atoms with Crippen molar-refractivity contribution in [2.45, 2.75) is 6.92 Å². The fourth-order valence-corrected chi connectivity index (χ4v) is 2.06. The van der Waals surface area contributed by atoms with Gasteiger partial charge in [0.15, 0.2) is 5.78 Å². The lowest BCUT2D eigenvalue weighted by Gasteiger charge is -2.06. The molecule has 0 bridgehead atoms. The molecule has 0 aliphatic rings. The number of Topliss-reactive ketones (excluding diaryl/α,β-unsaturated/α-hetero) is 1. The van der Waals surface area contributed by atoms with Gasteiger partial charge in [-0.1, -0.05) is 12.1 Å². The number of imidazole rings is 1. The van der Waals surface area contributed by atoms with E-state index in [-0.39, 0.29) is 11.5 Å². The van der Waals surface area contributed by atoms with E-state index in [1.165, 1.54) is 13.1 Å². The molecule has 0 aliphatic heterocycles. The number of rotatable bonds is 1. The van der Waals surface area contributed by atoms with Crippen LogP contribution in [0.4, 0.5) is 0 Å². The number of pyridine rings is 1. The largest absolute Gasteiger partial charge is 0.506 e. The molecule has 0 unspecified atom stereocenters. The van der Waals surface area contributed by atoms with E-state index < -0.39 is 0 Å². The van der Waals surface area contributed by atoms with Crippen molar-refractivity contribution in [1.82, 2.24) is 9.38 Å². The Bertz CT molecular complexity index is 744. The van der Waals surface area contributed by atoms with Gasteiger partial charge in [0, 0.05) is 12.3 Å². The van der Waals surface area contributed by atoms with Crippen LogP contribution in [0.25, 0.3) is 16.6 Å². The Kier molecular flexibility index (Phi) is 1.92. The summed E-state index contributed by atoms with van der Waals surface area (Å²) < 4.78 is 1.69. The van der Waals surface area contributed by atoms with Gasteiger partial charge in [-0.25, -0.2) is 4.98 Å². The number of nitrogens with zero attached hydrogens (tertiary/aromatic N) is 2. The monoisotopic (exact) mass is 226 g/mol. The van der Waals surface area contributed by atoms with Gasteiger partial charge in [0.1, 0.15) is 17.1 Å². The Balaban J connectivity index is 2.61. The lowest BCUT2D eigenvalue weighted by molar-refractivity contribution is 0.101. The van der Waals surface area contributed by atoms with Crippen LogP contribution in [0.15, 0.2) is 36.5 Å². The summed E-state index contributed by atoms with van der Waals surface area (Å²) in [4.78, 5) is 15.7. The molecule has 0 amide bonds. The van der Waals surface area contributed by atoms with Crippen molar-refractivity contribution < 1.29 is 9.90 Å². The van der Waals surface area contributed by atoms with Crippen molar-refractivity contribution in [3.63, 3.8) is 0 Å². The molecule has 0 saturated carbocycles. The topological polar surface area (TPSA) is 54.6 Å². The molecule has 0 radical (unpaired) electrons. The van der Waals surface area contributed by atoms with Gasteiger partial charge in [-0.15, -0.1) is 0 Å². The Hall–Kier alpha value is -2.36. The third kappa shape index (κ3) is 1.30. The summed E-state index contributed by atoms with van der Waals surface area (Å²) in [6.07, 6.45) is 1.53. The van der Waals surface area contributed by atoms with E-state index in [2.05, 4.69) is 4.98 Å². The second-order valence-electron chi connectivity index (χ2n) is 3.94. The van der Waals surface area contributed by atoms with E-state index in [0.29, 0.717) is 16.9 Å². The molecule has 0 atom stereocenters. The molecular weight excluding hydrogens is 216 g/mol. The average Bonchev–Trinajstić information content (AvgIpc) is 2.72. The zero-order chi connectivity index (χ0) is 12.0. The van der Waals surface area contributed by atoms with Crippen molar-refractivity contribution in [3.8, 4) is 5.75 Å². The first kappa shape index (κ1) is 9.84. The number of aromatic hydroxyl groups is 1. The third-order valence-electron chi connectivity index (χ3n) is 2.83. The summed E-state index contributed by atoms with van der Waals surface area (Å²) >= 11 is 0. The highest BCUT2D eigenvalue weighted by atomic mass is 16.3. The third-order valence-corrected chi connectivity index (χ3v) is 2.83. The lowest BCUT2D eigenvalue weighted by atomic mass is 10.2. The number of fused-ring (bicyclic) bond motifs is 3. The molecule has 0 aliphatic carbocycles. The van der Waals surface area contributed by atoms with Gasteiger partial charge in [-0.05, 0) is 18.2 Å². The quantitative estimate of drug-likeness (QED) is 0.648. The van der Waals surface area contributed by atoms with Crippen LogP contribution in [0.5, 0.6) is 5.75 Å². The first-order chi connectivity index (χ1) is 8.18. The summed E-state index contributed by atoms with van der Waals surface area (Å²) in [7, 11) is 0. The summed E-state index contributed by atoms with van der Waals surface area (Å²) in [6.45, 7) is 1.49. The van der Waals surface area contributed by atoms with Crippen LogP contribution in [0.2, 0.25) is 0 Å². The Labute approximate surface area is 97.1 Å². The smallest absolute Gasteiger partial charge is 0.178 e. The first-order valence-corrected chi connectivity index (χ1v) is 5.27. The van der Waals surface area contributed by atoms with Crippen LogP contribution in [0.3, 0.4) is 0 Å². The SMILES string of the molecule is CC(=O)c1cnc2ccc3cccc(O)c3n12. The standard InChI is InChI=1S/C13H10N2O2/c1-8(16)10-7-14-12-6-5-9-3-2-4-11(17)13(9)15(10)12/h2-7,17H,1H3. The molecule has 1 N–H and O–H groups in total. The molecular formula is C13H10N2O2. The minimum Gasteiger partial charge on any atom is -0.506 e. The van der Waals surface area contributed by atoms with Gasteiger partial charge in [0.25, 0.3) is 0 Å². The van der Waals surface area contributed by atoms with Gasteiger partial charge in [-0.3, -0.25) is 9.20 Å². The molecule has 2 aromatic heterocycles. The van der Waals surface area contributed by atoms with E-state index >= 15 is 0 Å². The van der Waals surface area contributed by atoms with Crippen molar-refractivity contribution in [1.29, 1.82) is 0 Å². The van der Waals surface area contributed by atoms with Gasteiger partial charge >= 0.3 is 0 Å². The summed E-state index contributed by atoms with van der Waals surface area (Å²) in [5.41, 5.74) is 1.75. The minimum absolute atomic E-state index is 0.0757. The fourth-order valence-electron chi connectivity index (χ4n) is 2.06. The van der Waals surface area contributed by atoms with Crippen molar-refractivity contribution in [3.05, 3.63) is 42.2 Å². The molecule has 3 aromatic rings. The number of hydrogen-bond acceptors (Lipinski definition) is 3. The van der Waals surface area contributed by atoms with E-state index in [1.807, 2.05) is 18.2 Å². The minimum atomic E-state index is -0.0757. The van der Waals surface area contributed by atoms with E-state index in [4.69, 9.17) is 0 Å². The highest BCUT2D eigenvalue weighted by Gasteiger charge is 2.12. The normalized spacial score (nSPS) is 11.1. The fraction of sp³-hybridized carbons (Fsp3) is 0.0769. The van der Waals surface area contributed by atoms with Gasteiger partial charge in [0.05, 0.1) is 11.7 Å².